The summed E-state index contributed by atoms with van der Waals surface area (Å²) in [7, 11) is 3.23. The van der Waals surface area contributed by atoms with Crippen molar-refractivity contribution < 1.29 is 19.1 Å². The molecule has 1 aliphatic heterocycles. The maximum atomic E-state index is 13.9. The molecule has 7 heteroatoms. The highest BCUT2D eigenvalue weighted by molar-refractivity contribution is 5.98. The lowest BCUT2D eigenvalue weighted by molar-refractivity contribution is 0.0535. The molecule has 7 nitrogen and oxygen atoms in total. The zero-order valence-corrected chi connectivity index (χ0v) is 25.3. The van der Waals surface area contributed by atoms with E-state index in [1.54, 1.807) is 14.2 Å². The lowest BCUT2D eigenvalue weighted by atomic mass is 9.86. The van der Waals surface area contributed by atoms with Crippen molar-refractivity contribution >= 4 is 11.8 Å². The summed E-state index contributed by atoms with van der Waals surface area (Å²) in [5.74, 6) is 1.22. The number of aromatic nitrogens is 1. The molecule has 1 aromatic heterocycles. The Balaban J connectivity index is 1.39. The van der Waals surface area contributed by atoms with Gasteiger partial charge < -0.3 is 23.8 Å². The summed E-state index contributed by atoms with van der Waals surface area (Å²) in [5, 5.41) is 0. The fraction of sp³-hybridized carbons (Fsp3) is 0.314. The van der Waals surface area contributed by atoms with E-state index >= 15 is 0 Å². The fourth-order valence-corrected chi connectivity index (χ4v) is 5.52. The second kappa shape index (κ2) is 11.8. The molecule has 0 N–H and O–H groups in total. The second-order valence-corrected chi connectivity index (χ2v) is 11.7. The predicted octanol–water partition coefficient (Wildman–Crippen LogP) is 6.37. The molecule has 0 spiro atoms. The van der Waals surface area contributed by atoms with Crippen molar-refractivity contribution in [1.29, 1.82) is 0 Å². The van der Waals surface area contributed by atoms with Crippen LogP contribution in [0.3, 0.4) is 0 Å². The molecule has 1 fully saturated rings. The highest BCUT2D eigenvalue weighted by atomic mass is 16.5. The highest BCUT2D eigenvalue weighted by Crippen LogP contribution is 2.35. The zero-order valence-electron chi connectivity index (χ0n) is 25.3. The third-order valence-corrected chi connectivity index (χ3v) is 8.02. The van der Waals surface area contributed by atoms with Crippen LogP contribution in [0, 0.1) is 6.92 Å². The lowest BCUT2D eigenvalue weighted by Gasteiger charge is -2.35. The maximum absolute atomic E-state index is 13.9. The van der Waals surface area contributed by atoms with Crippen LogP contribution in [-0.4, -0.2) is 66.6 Å². The molecule has 0 atom stereocenters. The first-order chi connectivity index (χ1) is 20.1. The van der Waals surface area contributed by atoms with Crippen molar-refractivity contribution in [2.45, 2.75) is 33.1 Å². The molecule has 0 aliphatic carbocycles. The first-order valence-electron chi connectivity index (χ1n) is 14.3. The van der Waals surface area contributed by atoms with Gasteiger partial charge in [0.05, 0.1) is 25.5 Å². The van der Waals surface area contributed by atoms with E-state index in [1.165, 1.54) is 5.56 Å². The molecular weight excluding hydrogens is 526 g/mol. The molecule has 5 rings (SSSR count). The third-order valence-electron chi connectivity index (χ3n) is 8.02. The third kappa shape index (κ3) is 5.64. The van der Waals surface area contributed by atoms with Crippen LogP contribution < -0.4 is 9.47 Å². The number of ether oxygens (including phenoxy) is 2. The van der Waals surface area contributed by atoms with Crippen molar-refractivity contribution in [2.24, 2.45) is 0 Å². The largest absolute Gasteiger partial charge is 0.493 e. The first kappa shape index (κ1) is 29.0. The van der Waals surface area contributed by atoms with Crippen LogP contribution in [0.2, 0.25) is 0 Å². The fourth-order valence-electron chi connectivity index (χ4n) is 5.52. The Bertz CT molecular complexity index is 1580. The number of hydrogen-bond donors (Lipinski definition) is 0. The van der Waals surface area contributed by atoms with Gasteiger partial charge in [0.1, 0.15) is 0 Å². The summed E-state index contributed by atoms with van der Waals surface area (Å²) in [6, 6.07) is 25.6. The van der Waals surface area contributed by atoms with Crippen LogP contribution in [0.4, 0.5) is 0 Å². The number of carbonyl (C=O) groups is 2. The van der Waals surface area contributed by atoms with Gasteiger partial charge in [0.2, 0.25) is 0 Å². The van der Waals surface area contributed by atoms with Gasteiger partial charge in [-0.05, 0) is 53.8 Å². The van der Waals surface area contributed by atoms with Gasteiger partial charge in [-0.15, -0.1) is 0 Å². The van der Waals surface area contributed by atoms with E-state index in [4.69, 9.17) is 9.47 Å². The van der Waals surface area contributed by atoms with E-state index in [0.717, 1.165) is 22.6 Å². The number of rotatable bonds is 6. The second-order valence-electron chi connectivity index (χ2n) is 11.7. The van der Waals surface area contributed by atoms with Gasteiger partial charge in [0, 0.05) is 49.2 Å². The summed E-state index contributed by atoms with van der Waals surface area (Å²) < 4.78 is 13.1. The Labute approximate surface area is 248 Å². The number of amides is 2. The molecule has 1 saturated heterocycles. The normalized spacial score (nSPS) is 13.7. The molecule has 1 aliphatic rings. The zero-order chi connectivity index (χ0) is 30.0. The number of piperazine rings is 1. The summed E-state index contributed by atoms with van der Waals surface area (Å²) in [5.41, 5.74) is 6.17. The van der Waals surface area contributed by atoms with Gasteiger partial charge in [-0.3, -0.25) is 9.59 Å². The van der Waals surface area contributed by atoms with Crippen molar-refractivity contribution in [3.63, 3.8) is 0 Å². The molecule has 0 saturated carbocycles. The van der Waals surface area contributed by atoms with E-state index in [9.17, 15) is 9.59 Å². The Morgan fingerprint density at radius 2 is 1.31 bits per heavy atom. The van der Waals surface area contributed by atoms with Gasteiger partial charge in [-0.2, -0.15) is 0 Å². The number of carbonyl (C=O) groups excluding carboxylic acids is 2. The minimum absolute atomic E-state index is 0.00436. The molecule has 42 heavy (non-hydrogen) atoms. The molecule has 4 aromatic rings. The van der Waals surface area contributed by atoms with E-state index in [1.807, 2.05) is 95.6 Å². The summed E-state index contributed by atoms with van der Waals surface area (Å²) in [6.07, 6.45) is 0. The first-order valence-corrected chi connectivity index (χ1v) is 14.3. The lowest BCUT2D eigenvalue weighted by Crippen LogP contribution is -2.50. The maximum Gasteiger partial charge on any atom is 0.255 e. The molecule has 3 aromatic carbocycles. The predicted molar refractivity (Wildman–Crippen MR) is 166 cm³/mol. The quantitative estimate of drug-likeness (QED) is 0.273. The van der Waals surface area contributed by atoms with Crippen LogP contribution in [0.5, 0.6) is 11.5 Å². The van der Waals surface area contributed by atoms with Crippen LogP contribution in [0.15, 0.2) is 78.9 Å². The number of nitrogens with zero attached hydrogens (tertiary/aromatic N) is 3. The van der Waals surface area contributed by atoms with Gasteiger partial charge in [0.15, 0.2) is 11.5 Å². The Hall–Kier alpha value is -4.52. The molecule has 0 unspecified atom stereocenters. The van der Waals surface area contributed by atoms with E-state index in [-0.39, 0.29) is 17.2 Å². The van der Waals surface area contributed by atoms with E-state index < -0.39 is 0 Å². The summed E-state index contributed by atoms with van der Waals surface area (Å²) in [6.45, 7) is 10.4. The molecular formula is C35H39N3O4. The minimum atomic E-state index is -0.0365. The van der Waals surface area contributed by atoms with Crippen LogP contribution in [-0.2, 0) is 5.41 Å². The molecule has 0 radical (unpaired) electrons. The highest BCUT2D eigenvalue weighted by Gasteiger charge is 2.29. The van der Waals surface area contributed by atoms with Gasteiger partial charge in [0.25, 0.3) is 11.8 Å². The molecule has 2 heterocycles. The molecule has 2 amide bonds. The monoisotopic (exact) mass is 565 g/mol. The van der Waals surface area contributed by atoms with Crippen molar-refractivity contribution in [1.82, 2.24) is 14.4 Å². The summed E-state index contributed by atoms with van der Waals surface area (Å²) in [4.78, 5) is 30.8. The Morgan fingerprint density at radius 1 is 0.714 bits per heavy atom. The SMILES string of the molecule is COc1ccc(-n2c(-c3ccccc3)cc(C(=O)N3CCN(C(=O)c4ccc(C(C)(C)C)cc4)CC3)c2C)cc1OC. The van der Waals surface area contributed by atoms with Crippen LogP contribution >= 0.6 is 0 Å². The number of benzene rings is 3. The minimum Gasteiger partial charge on any atom is -0.493 e. The average molecular weight is 566 g/mol. The van der Waals surface area contributed by atoms with Crippen LogP contribution in [0.25, 0.3) is 16.9 Å². The van der Waals surface area contributed by atoms with Gasteiger partial charge in [-0.25, -0.2) is 0 Å². The van der Waals surface area contributed by atoms with E-state index in [0.29, 0.717) is 48.8 Å². The number of methoxy groups -OCH3 is 2. The molecule has 0 bridgehead atoms. The topological polar surface area (TPSA) is 64.0 Å². The van der Waals surface area contributed by atoms with E-state index in [2.05, 4.69) is 25.3 Å². The van der Waals surface area contributed by atoms with Crippen molar-refractivity contribution in [3.8, 4) is 28.4 Å². The smallest absolute Gasteiger partial charge is 0.255 e. The van der Waals surface area contributed by atoms with Crippen molar-refractivity contribution in [2.75, 3.05) is 40.4 Å². The van der Waals surface area contributed by atoms with Gasteiger partial charge in [-0.1, -0.05) is 63.2 Å². The Kier molecular flexibility index (Phi) is 8.12. The number of hydrogen-bond acceptors (Lipinski definition) is 4. The summed E-state index contributed by atoms with van der Waals surface area (Å²) >= 11 is 0. The van der Waals surface area contributed by atoms with Crippen LogP contribution in [0.1, 0.15) is 52.7 Å². The van der Waals surface area contributed by atoms with Crippen molar-refractivity contribution in [3.05, 3.63) is 101 Å². The molecule has 218 valence electrons. The standard InChI is InChI=1S/C35H39N3O4/c1-24-29(23-30(25-10-8-7-9-11-25)38(24)28-16-17-31(41-5)32(22-28)42-6)34(40)37-20-18-36(19-21-37)33(39)26-12-14-27(15-13-26)35(2,3)4/h7-17,22-23H,18-21H2,1-6H3. The average Bonchev–Trinajstić information content (AvgIpc) is 3.36. The van der Waals surface area contributed by atoms with Gasteiger partial charge >= 0.3 is 0 Å². The Morgan fingerprint density at radius 3 is 1.88 bits per heavy atom.